The van der Waals surface area contributed by atoms with E-state index in [9.17, 15) is 0 Å². The van der Waals surface area contributed by atoms with E-state index in [1.807, 2.05) is 6.20 Å². The van der Waals surface area contributed by atoms with Crippen molar-refractivity contribution in [1.29, 1.82) is 0 Å². The highest BCUT2D eigenvalue weighted by atomic mass is 127. The minimum absolute atomic E-state index is 0. The molecular formula is C26H37IN6O. The van der Waals surface area contributed by atoms with Crippen LogP contribution in [0.15, 0.2) is 53.7 Å². The van der Waals surface area contributed by atoms with Gasteiger partial charge in [0.05, 0.1) is 25.3 Å². The summed E-state index contributed by atoms with van der Waals surface area (Å²) < 4.78 is 6.17. The van der Waals surface area contributed by atoms with Crippen molar-refractivity contribution in [2.45, 2.75) is 45.0 Å². The molecule has 2 atom stereocenters. The Bertz CT molecular complexity index is 919. The molecule has 3 fully saturated rings. The fourth-order valence-electron chi connectivity index (χ4n) is 5.18. The normalized spacial score (nSPS) is 23.0. The number of halogens is 1. The first kappa shape index (κ1) is 25.2. The van der Waals surface area contributed by atoms with Gasteiger partial charge in [0.2, 0.25) is 0 Å². The number of benzene rings is 1. The smallest absolute Gasteiger partial charge is 0.194 e. The van der Waals surface area contributed by atoms with Crippen LogP contribution in [0.3, 0.4) is 0 Å². The van der Waals surface area contributed by atoms with Crippen molar-refractivity contribution in [3.63, 3.8) is 0 Å². The van der Waals surface area contributed by atoms with Crippen LogP contribution >= 0.6 is 24.0 Å². The number of guanidine groups is 1. The molecule has 0 spiro atoms. The molecule has 2 unspecified atom stereocenters. The van der Waals surface area contributed by atoms with Crippen LogP contribution in [0.4, 0.5) is 5.82 Å². The number of fused-ring (bicyclic) bond motifs is 1. The van der Waals surface area contributed by atoms with Gasteiger partial charge in [-0.15, -0.1) is 24.0 Å². The van der Waals surface area contributed by atoms with Crippen molar-refractivity contribution >= 4 is 35.8 Å². The molecule has 7 nitrogen and oxygen atoms in total. The first-order chi connectivity index (χ1) is 16.3. The summed E-state index contributed by atoms with van der Waals surface area (Å²) in [5.74, 6) is 2.06. The Hall–Kier alpha value is -1.91. The Labute approximate surface area is 220 Å². The monoisotopic (exact) mass is 576 g/mol. The van der Waals surface area contributed by atoms with Crippen molar-refractivity contribution in [2.75, 3.05) is 50.8 Å². The van der Waals surface area contributed by atoms with Gasteiger partial charge in [0.1, 0.15) is 5.82 Å². The van der Waals surface area contributed by atoms with Gasteiger partial charge in [-0.2, -0.15) is 0 Å². The van der Waals surface area contributed by atoms with Crippen LogP contribution in [0.5, 0.6) is 0 Å². The summed E-state index contributed by atoms with van der Waals surface area (Å²) in [6.07, 6.45) is 4.75. The van der Waals surface area contributed by atoms with E-state index in [-0.39, 0.29) is 30.1 Å². The van der Waals surface area contributed by atoms with E-state index in [1.165, 1.54) is 18.4 Å². The van der Waals surface area contributed by atoms with Gasteiger partial charge in [0.25, 0.3) is 0 Å². The molecular weight excluding hydrogens is 539 g/mol. The number of ether oxygens (including phenoxy) is 1. The van der Waals surface area contributed by atoms with Crippen LogP contribution in [0, 0.1) is 0 Å². The maximum Gasteiger partial charge on any atom is 0.194 e. The molecule has 0 radical (unpaired) electrons. The minimum atomic E-state index is 0. The van der Waals surface area contributed by atoms with E-state index >= 15 is 0 Å². The summed E-state index contributed by atoms with van der Waals surface area (Å²) in [7, 11) is 0. The maximum absolute atomic E-state index is 6.17. The molecule has 1 N–H and O–H groups in total. The number of anilines is 1. The van der Waals surface area contributed by atoms with Gasteiger partial charge in [-0.05, 0) is 37.0 Å². The topological polar surface area (TPSA) is 56.2 Å². The molecule has 3 aliphatic heterocycles. The fourth-order valence-corrected chi connectivity index (χ4v) is 5.18. The van der Waals surface area contributed by atoms with Crippen molar-refractivity contribution in [1.82, 2.24) is 20.1 Å². The summed E-state index contributed by atoms with van der Waals surface area (Å²) in [6, 6.07) is 15.5. The second-order valence-corrected chi connectivity index (χ2v) is 9.23. The molecule has 3 aliphatic rings. The number of hydrogen-bond acceptors (Lipinski definition) is 5. The molecule has 1 aromatic carbocycles. The molecule has 0 amide bonds. The molecule has 184 valence electrons. The van der Waals surface area contributed by atoms with Gasteiger partial charge >= 0.3 is 0 Å². The number of hydrogen-bond donors (Lipinski definition) is 1. The number of nitrogens with zero attached hydrogens (tertiary/aromatic N) is 5. The third-order valence-corrected chi connectivity index (χ3v) is 6.93. The zero-order chi connectivity index (χ0) is 22.5. The van der Waals surface area contributed by atoms with Crippen LogP contribution < -0.4 is 10.2 Å². The zero-order valence-corrected chi connectivity index (χ0v) is 22.4. The molecule has 0 saturated carbocycles. The van der Waals surface area contributed by atoms with Crippen LogP contribution in [0.1, 0.15) is 30.9 Å². The summed E-state index contributed by atoms with van der Waals surface area (Å²) >= 11 is 0. The number of nitrogens with one attached hydrogen (secondary N) is 1. The molecule has 8 heteroatoms. The zero-order valence-electron chi connectivity index (χ0n) is 20.1. The standard InChI is InChI=1S/C26H36N6O.HI/c1-2-27-26(29-17-22-10-11-25(28-16-22)30-12-6-7-13-30)32-19-23-24(20-32)33-15-14-31(23)18-21-8-4-3-5-9-21;/h3-5,8-11,16,23-24H,2,6-7,12-15,17-20H2,1H3,(H,27,29);1H. The van der Waals surface area contributed by atoms with E-state index in [1.54, 1.807) is 0 Å². The predicted molar refractivity (Wildman–Crippen MR) is 148 cm³/mol. The average Bonchev–Trinajstić information content (AvgIpc) is 3.54. The van der Waals surface area contributed by atoms with Gasteiger partial charge in [0, 0.05) is 52.0 Å². The fraction of sp³-hybridized carbons (Fsp3) is 0.538. The Morgan fingerprint density at radius 3 is 2.62 bits per heavy atom. The van der Waals surface area contributed by atoms with E-state index in [4.69, 9.17) is 9.73 Å². The van der Waals surface area contributed by atoms with Gasteiger partial charge in [0.15, 0.2) is 5.96 Å². The molecule has 5 rings (SSSR count). The quantitative estimate of drug-likeness (QED) is 0.324. The van der Waals surface area contributed by atoms with Crippen LogP contribution in [0.2, 0.25) is 0 Å². The van der Waals surface area contributed by atoms with Gasteiger partial charge < -0.3 is 19.9 Å². The summed E-state index contributed by atoms with van der Waals surface area (Å²) in [4.78, 5) is 17.0. The van der Waals surface area contributed by atoms with Crippen molar-refractivity contribution in [3.05, 3.63) is 59.8 Å². The van der Waals surface area contributed by atoms with E-state index < -0.39 is 0 Å². The molecule has 0 aliphatic carbocycles. The lowest BCUT2D eigenvalue weighted by molar-refractivity contribution is -0.0502. The van der Waals surface area contributed by atoms with E-state index in [0.29, 0.717) is 12.6 Å². The molecule has 4 heterocycles. The summed E-state index contributed by atoms with van der Waals surface area (Å²) in [5.41, 5.74) is 2.51. The number of rotatable bonds is 6. The molecule has 34 heavy (non-hydrogen) atoms. The lowest BCUT2D eigenvalue weighted by Gasteiger charge is -2.36. The summed E-state index contributed by atoms with van der Waals surface area (Å²) in [5, 5.41) is 3.50. The van der Waals surface area contributed by atoms with E-state index in [0.717, 1.165) is 69.8 Å². The van der Waals surface area contributed by atoms with Crippen molar-refractivity contribution in [3.8, 4) is 0 Å². The SMILES string of the molecule is CCNC(=NCc1ccc(N2CCCC2)nc1)N1CC2OCCN(Cc3ccccc3)C2C1.I. The Kier molecular flexibility index (Phi) is 9.02. The number of likely N-dealkylation sites (tertiary alicyclic amines) is 1. The maximum atomic E-state index is 6.17. The Morgan fingerprint density at radius 1 is 1.06 bits per heavy atom. The van der Waals surface area contributed by atoms with Crippen LogP contribution in [-0.2, 0) is 17.8 Å². The van der Waals surface area contributed by atoms with Crippen molar-refractivity contribution in [2.24, 2.45) is 4.99 Å². The highest BCUT2D eigenvalue weighted by Crippen LogP contribution is 2.25. The molecule has 2 aromatic rings. The predicted octanol–water partition coefficient (Wildman–Crippen LogP) is 3.35. The third-order valence-electron chi connectivity index (χ3n) is 6.93. The Balaban J connectivity index is 0.00000274. The highest BCUT2D eigenvalue weighted by Gasteiger charge is 2.41. The molecule has 0 bridgehead atoms. The minimum Gasteiger partial charge on any atom is -0.373 e. The van der Waals surface area contributed by atoms with Crippen molar-refractivity contribution < 1.29 is 4.74 Å². The second-order valence-electron chi connectivity index (χ2n) is 9.23. The highest BCUT2D eigenvalue weighted by molar-refractivity contribution is 14.0. The summed E-state index contributed by atoms with van der Waals surface area (Å²) in [6.45, 7) is 10.4. The lowest BCUT2D eigenvalue weighted by atomic mass is 10.1. The largest absolute Gasteiger partial charge is 0.373 e. The average molecular weight is 577 g/mol. The van der Waals surface area contributed by atoms with Crippen LogP contribution in [0.25, 0.3) is 0 Å². The van der Waals surface area contributed by atoms with Gasteiger partial charge in [-0.1, -0.05) is 36.4 Å². The number of morpholine rings is 1. The lowest BCUT2D eigenvalue weighted by Crippen LogP contribution is -2.50. The van der Waals surface area contributed by atoms with Gasteiger partial charge in [-0.3, -0.25) is 4.90 Å². The number of aromatic nitrogens is 1. The van der Waals surface area contributed by atoms with Crippen LogP contribution in [-0.4, -0.2) is 78.8 Å². The molecule has 1 aromatic heterocycles. The van der Waals surface area contributed by atoms with Gasteiger partial charge in [-0.25, -0.2) is 9.98 Å². The third kappa shape index (κ3) is 6.01. The Morgan fingerprint density at radius 2 is 1.88 bits per heavy atom. The second kappa shape index (κ2) is 12.2. The van der Waals surface area contributed by atoms with E-state index in [2.05, 4.69) is 74.4 Å². The number of aliphatic imine (C=N–C) groups is 1. The number of pyridine rings is 1. The first-order valence-electron chi connectivity index (χ1n) is 12.4. The first-order valence-corrected chi connectivity index (χ1v) is 12.4. The molecule has 3 saturated heterocycles.